The first-order valence-electron chi connectivity index (χ1n) is 13.2. The fourth-order valence-corrected chi connectivity index (χ4v) is 5.96. The molecule has 0 bridgehead atoms. The number of carbonyl (C=O) groups excluding carboxylic acids is 3. The van der Waals surface area contributed by atoms with Crippen molar-refractivity contribution in [2.75, 3.05) is 11.4 Å². The minimum absolute atomic E-state index is 0.243. The number of hydrogen-bond acceptors (Lipinski definition) is 7. The highest BCUT2D eigenvalue weighted by molar-refractivity contribution is 9.10. The fraction of sp³-hybridized carbons (Fsp3) is 0.161. The largest absolute Gasteiger partial charge is 0.271 e. The third-order valence-electron chi connectivity index (χ3n) is 7.69. The van der Waals surface area contributed by atoms with E-state index in [0.29, 0.717) is 12.1 Å². The second kappa shape index (κ2) is 10.0. The average Bonchev–Trinajstić information content (AvgIpc) is 3.69. The van der Waals surface area contributed by atoms with Gasteiger partial charge in [0, 0.05) is 16.3 Å². The van der Waals surface area contributed by atoms with Gasteiger partial charge >= 0.3 is 0 Å². The van der Waals surface area contributed by atoms with E-state index < -0.39 is 23.9 Å². The molecule has 4 aromatic rings. The fourth-order valence-electron chi connectivity index (χ4n) is 5.70. The van der Waals surface area contributed by atoms with Crippen molar-refractivity contribution in [1.82, 2.24) is 10.0 Å². The van der Waals surface area contributed by atoms with Gasteiger partial charge in [0.15, 0.2) is 12.1 Å². The molecule has 0 aliphatic carbocycles. The van der Waals surface area contributed by atoms with Crippen LogP contribution in [0.1, 0.15) is 23.6 Å². The second-order valence-electron chi connectivity index (χ2n) is 10.1. The molecule has 1 fully saturated rings. The topological polar surface area (TPSA) is 98.0 Å². The summed E-state index contributed by atoms with van der Waals surface area (Å²) < 4.78 is 0.953. The first-order valence-corrected chi connectivity index (χ1v) is 14.0. The zero-order valence-corrected chi connectivity index (χ0v) is 23.3. The summed E-state index contributed by atoms with van der Waals surface area (Å²) in [6.45, 7) is -0.243. The first-order chi connectivity index (χ1) is 20.0. The normalized spacial score (nSPS) is 21.6. The summed E-state index contributed by atoms with van der Waals surface area (Å²) in [4.78, 5) is 42.0. The van der Waals surface area contributed by atoms with Gasteiger partial charge in [0.25, 0.3) is 17.7 Å². The Morgan fingerprint density at radius 3 is 2.39 bits per heavy atom. The number of imide groups is 1. The summed E-state index contributed by atoms with van der Waals surface area (Å²) in [5.41, 5.74) is 3.16. The molecule has 0 N–H and O–H groups in total. The van der Waals surface area contributed by atoms with Crippen molar-refractivity contribution in [2.45, 2.75) is 24.5 Å². The summed E-state index contributed by atoms with van der Waals surface area (Å²) in [5.74, 6) is -1.24. The molecule has 10 heteroatoms. The molecule has 202 valence electrons. The number of amides is 3. The molecule has 41 heavy (non-hydrogen) atoms. The van der Waals surface area contributed by atoms with Gasteiger partial charge in [0.2, 0.25) is 0 Å². The molecule has 1 saturated heterocycles. The van der Waals surface area contributed by atoms with E-state index in [1.807, 2.05) is 91.0 Å². The van der Waals surface area contributed by atoms with Gasteiger partial charge < -0.3 is 0 Å². The van der Waals surface area contributed by atoms with E-state index in [1.165, 1.54) is 14.9 Å². The lowest BCUT2D eigenvalue weighted by Gasteiger charge is -2.25. The molecule has 3 aliphatic heterocycles. The smallest absolute Gasteiger partial charge is 0.264 e. The number of carbonyl (C=O) groups is 3. The van der Waals surface area contributed by atoms with Crippen molar-refractivity contribution < 1.29 is 14.4 Å². The van der Waals surface area contributed by atoms with E-state index in [-0.39, 0.29) is 18.5 Å². The summed E-state index contributed by atoms with van der Waals surface area (Å²) in [5, 5.41) is 17.4. The van der Waals surface area contributed by atoms with Crippen LogP contribution in [0.15, 0.2) is 117 Å². The van der Waals surface area contributed by atoms with Crippen LogP contribution < -0.4 is 4.90 Å². The lowest BCUT2D eigenvalue weighted by atomic mass is 9.98. The van der Waals surface area contributed by atoms with Crippen LogP contribution in [0.5, 0.6) is 0 Å². The van der Waals surface area contributed by atoms with Gasteiger partial charge in [-0.05, 0) is 34.7 Å². The summed E-state index contributed by atoms with van der Waals surface area (Å²) in [6.07, 6.45) is 0.539. The van der Waals surface area contributed by atoms with Crippen molar-refractivity contribution in [3.63, 3.8) is 0 Å². The predicted molar refractivity (Wildman–Crippen MR) is 157 cm³/mol. The van der Waals surface area contributed by atoms with Crippen molar-refractivity contribution >= 4 is 55.8 Å². The Labute approximate surface area is 243 Å². The highest BCUT2D eigenvalue weighted by Gasteiger charge is 2.55. The maximum Gasteiger partial charge on any atom is 0.264 e. The third kappa shape index (κ3) is 4.31. The van der Waals surface area contributed by atoms with E-state index in [9.17, 15) is 14.4 Å². The third-order valence-corrected chi connectivity index (χ3v) is 8.22. The lowest BCUT2D eigenvalue weighted by Crippen LogP contribution is -2.44. The predicted octanol–water partition coefficient (Wildman–Crippen LogP) is 5.27. The van der Waals surface area contributed by atoms with Gasteiger partial charge in [-0.2, -0.15) is 10.2 Å². The molecule has 4 aromatic carbocycles. The first kappa shape index (κ1) is 25.3. The van der Waals surface area contributed by atoms with Crippen molar-refractivity contribution in [1.29, 1.82) is 0 Å². The van der Waals surface area contributed by atoms with Gasteiger partial charge in [0.05, 0.1) is 17.4 Å². The number of halogens is 1. The number of benzene rings is 4. The molecule has 0 radical (unpaired) electrons. The van der Waals surface area contributed by atoms with Gasteiger partial charge in [-0.15, -0.1) is 0 Å². The number of hydrazone groups is 1. The van der Waals surface area contributed by atoms with Crippen LogP contribution in [0.25, 0.3) is 10.8 Å². The van der Waals surface area contributed by atoms with Crippen molar-refractivity contribution in [2.24, 2.45) is 15.4 Å². The van der Waals surface area contributed by atoms with E-state index in [0.717, 1.165) is 32.1 Å². The van der Waals surface area contributed by atoms with Crippen LogP contribution >= 0.6 is 15.9 Å². The zero-order chi connectivity index (χ0) is 28.1. The van der Waals surface area contributed by atoms with Crippen LogP contribution in [0.4, 0.5) is 5.69 Å². The highest BCUT2D eigenvalue weighted by atomic mass is 79.9. The minimum Gasteiger partial charge on any atom is -0.271 e. The maximum absolute atomic E-state index is 13.8. The molecule has 3 atom stereocenters. The number of fused-ring (bicyclic) bond motifs is 2. The molecule has 0 unspecified atom stereocenters. The number of nitrogens with zero attached hydrogens (tertiary/aromatic N) is 6. The number of rotatable bonds is 5. The number of anilines is 1. The number of hydrogen-bond donors (Lipinski definition) is 0. The van der Waals surface area contributed by atoms with E-state index >= 15 is 0 Å². The monoisotopic (exact) mass is 606 g/mol. The molecule has 0 saturated carbocycles. The molecule has 0 aromatic heterocycles. The molecule has 3 aliphatic rings. The molecule has 9 nitrogen and oxygen atoms in total. The SMILES string of the molecule is O=C1[C@@H]2N=NN(CC(=O)N3N=C(c4ccc(Br)cc4)C[C@@H]3c3ccccc3)[C@H]2C(=O)N1c1cccc2ccccc12. The van der Waals surface area contributed by atoms with Gasteiger partial charge in [0.1, 0.15) is 6.54 Å². The lowest BCUT2D eigenvalue weighted by molar-refractivity contribution is -0.135. The minimum atomic E-state index is -1.00. The van der Waals surface area contributed by atoms with Gasteiger partial charge in [-0.1, -0.05) is 100 Å². The highest BCUT2D eigenvalue weighted by Crippen LogP contribution is 2.37. The quantitative estimate of drug-likeness (QED) is 0.289. The van der Waals surface area contributed by atoms with Crippen LogP contribution in [-0.4, -0.2) is 52.1 Å². The second-order valence-corrected chi connectivity index (χ2v) is 11.0. The maximum atomic E-state index is 13.8. The average molecular weight is 607 g/mol. The molecule has 0 spiro atoms. The van der Waals surface area contributed by atoms with Crippen molar-refractivity contribution in [3.8, 4) is 0 Å². The van der Waals surface area contributed by atoms with Crippen LogP contribution in [-0.2, 0) is 14.4 Å². The van der Waals surface area contributed by atoms with Crippen LogP contribution in [0.2, 0.25) is 0 Å². The molecular formula is C31H23BrN6O3. The Balaban J connectivity index is 1.16. The van der Waals surface area contributed by atoms with Crippen LogP contribution in [0.3, 0.4) is 0 Å². The molecule has 7 rings (SSSR count). The Morgan fingerprint density at radius 2 is 1.59 bits per heavy atom. The Kier molecular flexibility index (Phi) is 6.19. The standard InChI is InChI=1S/C31H23BrN6O3/c32-22-15-13-20(14-16-22)24-17-26(21-8-2-1-3-9-21)38(34-24)27(39)18-36-29-28(33-35-36)30(40)37(31(29)41)25-12-6-10-19-7-4-5-11-23(19)25/h1-16,26,28-29H,17-18H2/t26-,28-,29-/m1/s1. The Hall–Kier alpha value is -4.70. The van der Waals surface area contributed by atoms with Gasteiger partial charge in [-0.25, -0.2) is 9.91 Å². The van der Waals surface area contributed by atoms with E-state index in [4.69, 9.17) is 5.10 Å². The van der Waals surface area contributed by atoms with E-state index in [1.54, 1.807) is 6.07 Å². The van der Waals surface area contributed by atoms with E-state index in [2.05, 4.69) is 26.3 Å². The van der Waals surface area contributed by atoms with Gasteiger partial charge in [-0.3, -0.25) is 19.4 Å². The summed E-state index contributed by atoms with van der Waals surface area (Å²) in [7, 11) is 0. The molecule has 3 heterocycles. The Bertz CT molecular complexity index is 1750. The van der Waals surface area contributed by atoms with Crippen molar-refractivity contribution in [3.05, 3.63) is 113 Å². The summed E-state index contributed by atoms with van der Waals surface area (Å²) >= 11 is 3.46. The summed E-state index contributed by atoms with van der Waals surface area (Å²) in [6, 6.07) is 28.3. The molecular weight excluding hydrogens is 584 g/mol. The zero-order valence-electron chi connectivity index (χ0n) is 21.7. The van der Waals surface area contributed by atoms with Crippen LogP contribution in [0, 0.1) is 0 Å². The molecule has 3 amide bonds. The Morgan fingerprint density at radius 1 is 0.854 bits per heavy atom.